The molecule has 0 aliphatic rings. The molecular weight excluding hydrogens is 124 g/mol. The van der Waals surface area contributed by atoms with Crippen LogP contribution in [0.1, 0.15) is 6.92 Å². The lowest BCUT2D eigenvalue weighted by Crippen LogP contribution is -1.78. The molecule has 0 heterocycles. The summed E-state index contributed by atoms with van der Waals surface area (Å²) >= 11 is -1.83. The highest BCUT2D eigenvalue weighted by Gasteiger charge is 1.82. The molecule has 0 bridgehead atoms. The molecule has 1 atom stereocenters. The lowest BCUT2D eigenvalue weighted by Gasteiger charge is -1.83. The molecule has 0 aromatic carbocycles. The molecule has 0 saturated carbocycles. The van der Waals surface area contributed by atoms with E-state index in [9.17, 15) is 4.21 Å². The van der Waals surface area contributed by atoms with Crippen LogP contribution in [0.5, 0.6) is 0 Å². The highest BCUT2D eigenvalue weighted by Crippen LogP contribution is 1.92. The van der Waals surface area contributed by atoms with Crippen LogP contribution in [-0.2, 0) is 11.1 Å². The van der Waals surface area contributed by atoms with Crippen LogP contribution in [0.15, 0.2) is 23.6 Å². The summed E-state index contributed by atoms with van der Waals surface area (Å²) in [6.45, 7) is 5.11. The maximum absolute atomic E-state index is 9.96. The van der Waals surface area contributed by atoms with Gasteiger partial charge in [0.05, 0.1) is 0 Å². The van der Waals surface area contributed by atoms with Crippen molar-refractivity contribution in [2.45, 2.75) is 6.92 Å². The monoisotopic (exact) mass is 132 g/mol. The number of hydrogen-bond acceptors (Lipinski definition) is 1. The van der Waals surface area contributed by atoms with E-state index in [1.54, 1.807) is 6.92 Å². The van der Waals surface area contributed by atoms with Gasteiger partial charge in [-0.25, -0.2) is 4.21 Å². The molecule has 0 radical (unpaired) electrons. The number of allylic oxidation sites excluding steroid dienone is 2. The van der Waals surface area contributed by atoms with Crippen molar-refractivity contribution in [1.29, 1.82) is 0 Å². The Morgan fingerprint density at radius 1 is 1.88 bits per heavy atom. The Balaban J connectivity index is 3.94. The normalized spacial score (nSPS) is 15.5. The van der Waals surface area contributed by atoms with Gasteiger partial charge in [-0.3, -0.25) is 0 Å². The van der Waals surface area contributed by atoms with Gasteiger partial charge in [0.25, 0.3) is 0 Å². The first-order chi connectivity index (χ1) is 3.66. The zero-order valence-electron chi connectivity index (χ0n) is 4.63. The highest BCUT2D eigenvalue weighted by molar-refractivity contribution is 7.82. The molecule has 1 unspecified atom stereocenters. The Labute approximate surface area is 51.2 Å². The number of hydrogen-bond donors (Lipinski definition) is 1. The van der Waals surface area contributed by atoms with Crippen LogP contribution in [-0.4, -0.2) is 8.76 Å². The summed E-state index contributed by atoms with van der Waals surface area (Å²) in [5, 5.41) is 1.22. The Morgan fingerprint density at radius 2 is 2.38 bits per heavy atom. The van der Waals surface area contributed by atoms with Crippen LogP contribution >= 0.6 is 0 Å². The largest absolute Gasteiger partial charge is 0.303 e. The first-order valence-corrected chi connectivity index (χ1v) is 3.24. The lowest BCUT2D eigenvalue weighted by molar-refractivity contribution is 0.574. The predicted molar refractivity (Wildman–Crippen MR) is 34.7 cm³/mol. The van der Waals surface area contributed by atoms with Crippen molar-refractivity contribution in [1.82, 2.24) is 0 Å². The van der Waals surface area contributed by atoms with Crippen LogP contribution in [0.4, 0.5) is 0 Å². The maximum atomic E-state index is 9.96. The summed E-state index contributed by atoms with van der Waals surface area (Å²) in [4.78, 5) is 0. The first-order valence-electron chi connectivity index (χ1n) is 2.07. The molecule has 8 heavy (non-hydrogen) atoms. The third-order valence-corrected chi connectivity index (χ3v) is 1.18. The minimum atomic E-state index is -1.83. The maximum Gasteiger partial charge on any atom is 0.179 e. The second-order valence-corrected chi connectivity index (χ2v) is 2.13. The topological polar surface area (TPSA) is 37.3 Å². The molecule has 0 aliphatic heterocycles. The quantitative estimate of drug-likeness (QED) is 0.454. The van der Waals surface area contributed by atoms with E-state index in [4.69, 9.17) is 4.55 Å². The molecule has 0 aliphatic carbocycles. The summed E-state index contributed by atoms with van der Waals surface area (Å²) in [6.07, 6.45) is 1.52. The summed E-state index contributed by atoms with van der Waals surface area (Å²) < 4.78 is 18.2. The fraction of sp³-hybridized carbons (Fsp3) is 0.200. The van der Waals surface area contributed by atoms with E-state index in [2.05, 4.69) is 6.58 Å². The minimum Gasteiger partial charge on any atom is -0.303 e. The Bertz CT molecular complexity index is 137. The van der Waals surface area contributed by atoms with E-state index in [0.717, 1.165) is 0 Å². The zero-order valence-corrected chi connectivity index (χ0v) is 5.44. The fourth-order valence-electron chi connectivity index (χ4n) is 0.207. The smallest absolute Gasteiger partial charge is 0.179 e. The van der Waals surface area contributed by atoms with Crippen LogP contribution in [0.3, 0.4) is 0 Å². The highest BCUT2D eigenvalue weighted by atomic mass is 32.2. The van der Waals surface area contributed by atoms with Gasteiger partial charge in [-0.15, -0.1) is 0 Å². The van der Waals surface area contributed by atoms with Gasteiger partial charge in [-0.1, -0.05) is 12.7 Å². The van der Waals surface area contributed by atoms with Crippen molar-refractivity contribution < 1.29 is 8.76 Å². The van der Waals surface area contributed by atoms with Gasteiger partial charge in [0.15, 0.2) is 11.1 Å². The van der Waals surface area contributed by atoms with Gasteiger partial charge >= 0.3 is 0 Å². The van der Waals surface area contributed by atoms with E-state index in [-0.39, 0.29) is 0 Å². The van der Waals surface area contributed by atoms with Gasteiger partial charge < -0.3 is 4.55 Å². The van der Waals surface area contributed by atoms with E-state index in [1.165, 1.54) is 11.5 Å². The van der Waals surface area contributed by atoms with Gasteiger partial charge in [-0.05, 0) is 12.5 Å². The van der Waals surface area contributed by atoms with Crippen LogP contribution in [0.25, 0.3) is 0 Å². The van der Waals surface area contributed by atoms with Gasteiger partial charge in [-0.2, -0.15) is 0 Å². The molecule has 2 nitrogen and oxygen atoms in total. The van der Waals surface area contributed by atoms with Crippen molar-refractivity contribution in [2.24, 2.45) is 0 Å². The van der Waals surface area contributed by atoms with Crippen molar-refractivity contribution in [3.05, 3.63) is 23.6 Å². The van der Waals surface area contributed by atoms with Crippen molar-refractivity contribution in [3.63, 3.8) is 0 Å². The average molecular weight is 132 g/mol. The molecular formula is C5H8O2S. The SMILES string of the molecule is C=CC(C)=CS(=O)O. The average Bonchev–Trinajstić information content (AvgIpc) is 1.65. The molecule has 0 fully saturated rings. The molecule has 0 saturated heterocycles. The third-order valence-electron chi connectivity index (χ3n) is 0.609. The third kappa shape index (κ3) is 3.77. The van der Waals surface area contributed by atoms with E-state index in [1.807, 2.05) is 0 Å². The first kappa shape index (κ1) is 7.59. The Hall–Kier alpha value is -0.410. The van der Waals surface area contributed by atoms with Crippen LogP contribution in [0.2, 0.25) is 0 Å². The summed E-state index contributed by atoms with van der Waals surface area (Å²) in [5.74, 6) is 0. The van der Waals surface area contributed by atoms with Crippen LogP contribution in [0, 0.1) is 0 Å². The summed E-state index contributed by atoms with van der Waals surface area (Å²) in [6, 6.07) is 0. The summed E-state index contributed by atoms with van der Waals surface area (Å²) in [7, 11) is 0. The molecule has 0 aromatic heterocycles. The molecule has 0 aromatic rings. The van der Waals surface area contributed by atoms with E-state index < -0.39 is 11.1 Å². The van der Waals surface area contributed by atoms with Gasteiger partial charge in [0, 0.05) is 5.41 Å². The van der Waals surface area contributed by atoms with Crippen molar-refractivity contribution in [2.75, 3.05) is 0 Å². The predicted octanol–water partition coefficient (Wildman–Crippen LogP) is 1.30. The molecule has 0 spiro atoms. The minimum absolute atomic E-state index is 0.714. The zero-order chi connectivity index (χ0) is 6.57. The van der Waals surface area contributed by atoms with Gasteiger partial charge in [0.2, 0.25) is 0 Å². The summed E-state index contributed by atoms with van der Waals surface area (Å²) in [5.41, 5.74) is 0.714. The van der Waals surface area contributed by atoms with Crippen molar-refractivity contribution >= 4 is 11.1 Å². The lowest BCUT2D eigenvalue weighted by atomic mass is 10.4. The Kier molecular flexibility index (Phi) is 3.39. The second-order valence-electron chi connectivity index (χ2n) is 1.34. The van der Waals surface area contributed by atoms with E-state index in [0.29, 0.717) is 5.57 Å². The molecule has 0 amide bonds. The number of rotatable bonds is 2. The van der Waals surface area contributed by atoms with Crippen molar-refractivity contribution in [3.8, 4) is 0 Å². The second kappa shape index (κ2) is 3.57. The van der Waals surface area contributed by atoms with Crippen LogP contribution < -0.4 is 0 Å². The fourth-order valence-corrected chi connectivity index (χ4v) is 0.621. The van der Waals surface area contributed by atoms with E-state index >= 15 is 0 Å². The molecule has 0 rings (SSSR count). The Morgan fingerprint density at radius 3 is 2.50 bits per heavy atom. The standard InChI is InChI=1S/C5H8O2S/c1-3-5(2)4-8(6)7/h3-4H,1H2,2H3,(H,6,7). The molecule has 1 N–H and O–H groups in total. The van der Waals surface area contributed by atoms with Gasteiger partial charge in [0.1, 0.15) is 0 Å². The molecule has 3 heteroatoms. The molecule has 46 valence electrons.